The topological polar surface area (TPSA) is 81.4 Å². The Morgan fingerprint density at radius 1 is 1.21 bits per heavy atom. The highest BCUT2D eigenvalue weighted by Gasteiger charge is 2.10. The first-order valence-corrected chi connectivity index (χ1v) is 7.91. The van der Waals surface area contributed by atoms with Crippen molar-refractivity contribution < 1.29 is 14.3 Å². The monoisotopic (exact) mass is 346 g/mol. The average Bonchev–Trinajstić information content (AvgIpc) is 2.55. The number of nitrogens with one attached hydrogen (secondary N) is 1. The summed E-state index contributed by atoms with van der Waals surface area (Å²) in [5.41, 5.74) is 6.52. The van der Waals surface area contributed by atoms with Crippen molar-refractivity contribution in [3.8, 4) is 5.75 Å². The van der Waals surface area contributed by atoms with Gasteiger partial charge in [-0.3, -0.25) is 9.59 Å². The van der Waals surface area contributed by atoms with Crippen LogP contribution in [0.3, 0.4) is 0 Å². The summed E-state index contributed by atoms with van der Waals surface area (Å²) in [5.74, 6) is -0.149. The Labute approximate surface area is 145 Å². The van der Waals surface area contributed by atoms with E-state index in [9.17, 15) is 9.59 Å². The van der Waals surface area contributed by atoms with Crippen molar-refractivity contribution in [1.29, 1.82) is 0 Å². The summed E-state index contributed by atoms with van der Waals surface area (Å²) in [4.78, 5) is 23.1. The fourth-order valence-corrected chi connectivity index (χ4v) is 2.37. The van der Waals surface area contributed by atoms with E-state index in [1.54, 1.807) is 30.3 Å². The number of hydrogen-bond donors (Lipinski definition) is 2. The molecule has 0 unspecified atom stereocenters. The number of carbonyl (C=O) groups excluding carboxylic acids is 2. The first-order chi connectivity index (χ1) is 11.5. The van der Waals surface area contributed by atoms with E-state index < -0.39 is 5.91 Å². The Bertz CT molecular complexity index is 734. The molecule has 126 valence electrons. The van der Waals surface area contributed by atoms with E-state index >= 15 is 0 Å². The van der Waals surface area contributed by atoms with Crippen LogP contribution in [0, 0.1) is 0 Å². The normalized spacial score (nSPS) is 11.6. The maximum absolute atomic E-state index is 12.0. The predicted octanol–water partition coefficient (Wildman–Crippen LogP) is 3.09. The van der Waals surface area contributed by atoms with E-state index in [1.165, 1.54) is 0 Å². The lowest BCUT2D eigenvalue weighted by atomic mass is 10.1. The Balaban J connectivity index is 1.81. The summed E-state index contributed by atoms with van der Waals surface area (Å²) in [7, 11) is 0. The molecule has 0 heterocycles. The van der Waals surface area contributed by atoms with Crippen molar-refractivity contribution >= 4 is 23.4 Å². The minimum Gasteiger partial charge on any atom is -0.493 e. The predicted molar refractivity (Wildman–Crippen MR) is 93.1 cm³/mol. The molecular weight excluding hydrogens is 328 g/mol. The molecule has 0 spiro atoms. The summed E-state index contributed by atoms with van der Waals surface area (Å²) in [5, 5.41) is 3.52. The quantitative estimate of drug-likeness (QED) is 0.808. The summed E-state index contributed by atoms with van der Waals surface area (Å²) < 4.78 is 5.48. The zero-order valence-corrected chi connectivity index (χ0v) is 14.0. The molecule has 0 aromatic heterocycles. The lowest BCUT2D eigenvalue weighted by molar-refractivity contribution is -0.122. The summed E-state index contributed by atoms with van der Waals surface area (Å²) >= 11 is 5.95. The van der Waals surface area contributed by atoms with Gasteiger partial charge >= 0.3 is 0 Å². The van der Waals surface area contributed by atoms with Gasteiger partial charge in [0.1, 0.15) is 5.75 Å². The van der Waals surface area contributed by atoms with Gasteiger partial charge in [-0.05, 0) is 42.8 Å². The SMILES string of the molecule is C[C@@H](NC(=O)CCOc1cccc(C(N)=O)c1)c1cccc(Cl)c1. The Hall–Kier alpha value is -2.53. The number of benzene rings is 2. The zero-order valence-electron chi connectivity index (χ0n) is 13.3. The minimum absolute atomic E-state index is 0.131. The molecule has 6 heteroatoms. The van der Waals surface area contributed by atoms with E-state index in [2.05, 4.69) is 5.32 Å². The molecule has 0 saturated heterocycles. The molecule has 3 N–H and O–H groups in total. The molecule has 0 aliphatic carbocycles. The van der Waals surface area contributed by atoms with Crippen molar-refractivity contribution in [3.63, 3.8) is 0 Å². The van der Waals surface area contributed by atoms with Gasteiger partial charge in [0.05, 0.1) is 19.1 Å². The molecule has 0 bridgehead atoms. The third-order valence-electron chi connectivity index (χ3n) is 3.44. The lowest BCUT2D eigenvalue weighted by Crippen LogP contribution is -2.27. The number of halogens is 1. The standard InChI is InChI=1S/C18H19ClN2O3/c1-12(13-4-2-6-15(19)10-13)21-17(22)8-9-24-16-7-3-5-14(11-16)18(20)23/h2-7,10-12H,8-9H2,1H3,(H2,20,23)(H,21,22)/t12-/m1/s1. The number of primary amides is 1. The molecule has 0 aliphatic heterocycles. The van der Waals surface area contributed by atoms with E-state index in [0.29, 0.717) is 16.3 Å². The van der Waals surface area contributed by atoms with E-state index in [1.807, 2.05) is 25.1 Å². The van der Waals surface area contributed by atoms with Crippen molar-refractivity contribution in [2.24, 2.45) is 5.73 Å². The van der Waals surface area contributed by atoms with Crippen molar-refractivity contribution in [2.45, 2.75) is 19.4 Å². The molecule has 2 aromatic rings. The highest BCUT2D eigenvalue weighted by atomic mass is 35.5. The van der Waals surface area contributed by atoms with E-state index in [0.717, 1.165) is 5.56 Å². The zero-order chi connectivity index (χ0) is 17.5. The molecule has 2 aromatic carbocycles. The van der Waals surface area contributed by atoms with Crippen LogP contribution < -0.4 is 15.8 Å². The smallest absolute Gasteiger partial charge is 0.248 e. The van der Waals surface area contributed by atoms with Crippen LogP contribution in [0.15, 0.2) is 48.5 Å². The second kappa shape index (κ2) is 8.36. The number of nitrogens with two attached hydrogens (primary N) is 1. The van der Waals surface area contributed by atoms with Crippen molar-refractivity contribution in [3.05, 3.63) is 64.7 Å². The Morgan fingerprint density at radius 3 is 2.67 bits per heavy atom. The first-order valence-electron chi connectivity index (χ1n) is 7.53. The average molecular weight is 347 g/mol. The van der Waals surface area contributed by atoms with Gasteiger partial charge in [0.15, 0.2) is 0 Å². The maximum Gasteiger partial charge on any atom is 0.248 e. The fraction of sp³-hybridized carbons (Fsp3) is 0.222. The van der Waals surface area contributed by atoms with Crippen molar-refractivity contribution in [1.82, 2.24) is 5.32 Å². The minimum atomic E-state index is -0.520. The summed E-state index contributed by atoms with van der Waals surface area (Å²) in [6.45, 7) is 2.09. The van der Waals surface area contributed by atoms with Gasteiger partial charge in [-0.2, -0.15) is 0 Å². The number of rotatable bonds is 7. The number of amides is 2. The van der Waals surface area contributed by atoms with Crippen molar-refractivity contribution in [2.75, 3.05) is 6.61 Å². The summed E-state index contributed by atoms with van der Waals surface area (Å²) in [6.07, 6.45) is 0.200. The van der Waals surface area contributed by atoms with Gasteiger partial charge in [-0.1, -0.05) is 29.8 Å². The molecule has 2 rings (SSSR count). The molecule has 1 atom stereocenters. The third kappa shape index (κ3) is 5.28. The van der Waals surface area contributed by atoms with Gasteiger partial charge in [0.2, 0.25) is 11.8 Å². The van der Waals surface area contributed by atoms with E-state index in [-0.39, 0.29) is 25.0 Å². The molecule has 0 fully saturated rings. The molecule has 2 amide bonds. The van der Waals surface area contributed by atoms with Crippen LogP contribution >= 0.6 is 11.6 Å². The first kappa shape index (κ1) is 17.8. The van der Waals surface area contributed by atoms with Crippen LogP contribution in [0.5, 0.6) is 5.75 Å². The number of ether oxygens (including phenoxy) is 1. The van der Waals surface area contributed by atoms with Crippen LogP contribution in [-0.4, -0.2) is 18.4 Å². The highest BCUT2D eigenvalue weighted by molar-refractivity contribution is 6.30. The van der Waals surface area contributed by atoms with Crippen LogP contribution in [0.4, 0.5) is 0 Å². The number of hydrogen-bond acceptors (Lipinski definition) is 3. The van der Waals surface area contributed by atoms with Gasteiger partial charge in [0, 0.05) is 10.6 Å². The third-order valence-corrected chi connectivity index (χ3v) is 3.68. The molecule has 5 nitrogen and oxygen atoms in total. The number of carbonyl (C=O) groups is 2. The van der Waals surface area contributed by atoms with E-state index in [4.69, 9.17) is 22.1 Å². The summed E-state index contributed by atoms with van der Waals surface area (Å²) in [6, 6.07) is 13.7. The Kier molecular flexibility index (Phi) is 6.21. The molecular formula is C18H19ClN2O3. The molecule has 0 saturated carbocycles. The molecule has 0 radical (unpaired) electrons. The lowest BCUT2D eigenvalue weighted by Gasteiger charge is -2.15. The van der Waals surface area contributed by atoms with Crippen LogP contribution in [0.2, 0.25) is 5.02 Å². The molecule has 24 heavy (non-hydrogen) atoms. The van der Waals surface area contributed by atoms with Crippen LogP contribution in [0.1, 0.15) is 35.3 Å². The fourth-order valence-electron chi connectivity index (χ4n) is 2.17. The largest absolute Gasteiger partial charge is 0.493 e. The van der Waals surface area contributed by atoms with Gasteiger partial charge in [0.25, 0.3) is 0 Å². The van der Waals surface area contributed by atoms with Gasteiger partial charge < -0.3 is 15.8 Å². The molecule has 0 aliphatic rings. The maximum atomic E-state index is 12.0. The van der Waals surface area contributed by atoms with Crippen LogP contribution in [-0.2, 0) is 4.79 Å². The highest BCUT2D eigenvalue weighted by Crippen LogP contribution is 2.17. The second-order valence-electron chi connectivity index (χ2n) is 5.33. The van der Waals surface area contributed by atoms with Gasteiger partial charge in [-0.25, -0.2) is 0 Å². The van der Waals surface area contributed by atoms with Gasteiger partial charge in [-0.15, -0.1) is 0 Å². The Morgan fingerprint density at radius 2 is 1.96 bits per heavy atom. The second-order valence-corrected chi connectivity index (χ2v) is 5.77. The van der Waals surface area contributed by atoms with Crippen LogP contribution in [0.25, 0.3) is 0 Å².